The van der Waals surface area contributed by atoms with Crippen molar-refractivity contribution in [3.8, 4) is 0 Å². The number of ether oxygens (including phenoxy) is 1. The summed E-state index contributed by atoms with van der Waals surface area (Å²) in [6, 6.07) is 14.9. The van der Waals surface area contributed by atoms with E-state index in [1.54, 1.807) is 12.1 Å². The molecule has 0 aliphatic carbocycles. The van der Waals surface area contributed by atoms with Gasteiger partial charge in [0, 0.05) is 24.0 Å². The second-order valence-corrected chi connectivity index (χ2v) is 6.74. The third-order valence-electron chi connectivity index (χ3n) is 3.97. The van der Waals surface area contributed by atoms with Gasteiger partial charge in [-0.3, -0.25) is 4.79 Å². The second-order valence-electron chi connectivity index (χ2n) is 5.83. The molecular formula is C19H18BrNO3. The Morgan fingerprint density at radius 1 is 1.12 bits per heavy atom. The molecule has 2 aromatic rings. The highest BCUT2D eigenvalue weighted by atomic mass is 79.9. The molecule has 0 bridgehead atoms. The van der Waals surface area contributed by atoms with Crippen LogP contribution in [0.1, 0.15) is 34.3 Å². The summed E-state index contributed by atoms with van der Waals surface area (Å²) in [5.41, 5.74) is 2.38. The van der Waals surface area contributed by atoms with Crippen LogP contribution in [-0.2, 0) is 22.7 Å². The van der Waals surface area contributed by atoms with E-state index >= 15 is 0 Å². The van der Waals surface area contributed by atoms with Gasteiger partial charge in [-0.25, -0.2) is 4.79 Å². The fourth-order valence-electron chi connectivity index (χ4n) is 2.75. The molecule has 1 heterocycles. The van der Waals surface area contributed by atoms with E-state index in [1.165, 1.54) is 0 Å². The molecule has 2 aromatic carbocycles. The zero-order valence-electron chi connectivity index (χ0n) is 13.2. The summed E-state index contributed by atoms with van der Waals surface area (Å²) in [7, 11) is 0. The van der Waals surface area contributed by atoms with Crippen LogP contribution in [0.4, 0.5) is 0 Å². The van der Waals surface area contributed by atoms with Crippen LogP contribution in [-0.4, -0.2) is 23.3 Å². The molecule has 3 rings (SSSR count). The van der Waals surface area contributed by atoms with Crippen molar-refractivity contribution in [3.05, 3.63) is 69.7 Å². The summed E-state index contributed by atoms with van der Waals surface area (Å²) in [5.74, 6) is -0.179. The first-order valence-electron chi connectivity index (χ1n) is 7.90. The molecule has 0 aromatic heterocycles. The molecule has 1 amide bonds. The first kappa shape index (κ1) is 16.7. The average Bonchev–Trinajstić information content (AvgIpc) is 2.98. The Balaban J connectivity index is 1.62. The van der Waals surface area contributed by atoms with E-state index in [4.69, 9.17) is 4.74 Å². The van der Waals surface area contributed by atoms with Crippen LogP contribution >= 0.6 is 15.9 Å². The topological polar surface area (TPSA) is 46.6 Å². The minimum Gasteiger partial charge on any atom is -0.457 e. The SMILES string of the molecule is O=C(OCc1cccc(Br)c1)c1cccc(CN2CCCC2=O)c1. The summed E-state index contributed by atoms with van der Waals surface area (Å²) in [4.78, 5) is 25.8. The molecule has 0 saturated carbocycles. The normalized spacial score (nSPS) is 14.0. The number of rotatable bonds is 5. The monoisotopic (exact) mass is 387 g/mol. The van der Waals surface area contributed by atoms with Gasteiger partial charge in [0.25, 0.3) is 0 Å². The molecular weight excluding hydrogens is 370 g/mol. The number of amides is 1. The van der Waals surface area contributed by atoms with Crippen LogP contribution in [0.15, 0.2) is 53.0 Å². The number of likely N-dealkylation sites (tertiary alicyclic amines) is 1. The van der Waals surface area contributed by atoms with Gasteiger partial charge in [0.1, 0.15) is 6.61 Å². The number of benzene rings is 2. The van der Waals surface area contributed by atoms with Gasteiger partial charge in [-0.2, -0.15) is 0 Å². The van der Waals surface area contributed by atoms with Crippen LogP contribution in [0.3, 0.4) is 0 Å². The van der Waals surface area contributed by atoms with Crippen molar-refractivity contribution in [1.29, 1.82) is 0 Å². The molecule has 0 radical (unpaired) electrons. The average molecular weight is 388 g/mol. The highest BCUT2D eigenvalue weighted by Crippen LogP contribution is 2.17. The largest absolute Gasteiger partial charge is 0.457 e. The van der Waals surface area contributed by atoms with Crippen molar-refractivity contribution >= 4 is 27.8 Å². The van der Waals surface area contributed by atoms with Gasteiger partial charge in [0.15, 0.2) is 0 Å². The number of hydrogen-bond donors (Lipinski definition) is 0. The number of halogens is 1. The molecule has 1 aliphatic heterocycles. The van der Waals surface area contributed by atoms with Crippen LogP contribution in [0.2, 0.25) is 0 Å². The van der Waals surface area contributed by atoms with Crippen LogP contribution in [0.25, 0.3) is 0 Å². The van der Waals surface area contributed by atoms with Crippen molar-refractivity contribution in [3.63, 3.8) is 0 Å². The molecule has 124 valence electrons. The third kappa shape index (κ3) is 4.23. The van der Waals surface area contributed by atoms with E-state index in [9.17, 15) is 9.59 Å². The Morgan fingerprint density at radius 2 is 1.92 bits per heavy atom. The molecule has 5 heteroatoms. The van der Waals surface area contributed by atoms with Gasteiger partial charge < -0.3 is 9.64 Å². The number of esters is 1. The fraction of sp³-hybridized carbons (Fsp3) is 0.263. The lowest BCUT2D eigenvalue weighted by molar-refractivity contribution is -0.128. The molecule has 0 N–H and O–H groups in total. The first-order valence-corrected chi connectivity index (χ1v) is 8.69. The second kappa shape index (κ2) is 7.62. The maximum absolute atomic E-state index is 12.2. The number of hydrogen-bond acceptors (Lipinski definition) is 3. The van der Waals surface area contributed by atoms with E-state index in [1.807, 2.05) is 41.3 Å². The molecule has 1 aliphatic rings. The summed E-state index contributed by atoms with van der Waals surface area (Å²) >= 11 is 3.40. The quantitative estimate of drug-likeness (QED) is 0.730. The maximum Gasteiger partial charge on any atom is 0.338 e. The Morgan fingerprint density at radius 3 is 2.67 bits per heavy atom. The lowest BCUT2D eigenvalue weighted by Crippen LogP contribution is -2.23. The van der Waals surface area contributed by atoms with Crippen molar-refractivity contribution in [2.24, 2.45) is 0 Å². The number of nitrogens with zero attached hydrogens (tertiary/aromatic N) is 1. The van der Waals surface area contributed by atoms with Gasteiger partial charge in [0.05, 0.1) is 5.56 Å². The minimum absolute atomic E-state index is 0.178. The maximum atomic E-state index is 12.2. The molecule has 4 nitrogen and oxygen atoms in total. The van der Waals surface area contributed by atoms with Gasteiger partial charge >= 0.3 is 5.97 Å². The summed E-state index contributed by atoms with van der Waals surface area (Å²) in [6.45, 7) is 1.56. The predicted molar refractivity (Wildman–Crippen MR) is 94.4 cm³/mol. The molecule has 0 spiro atoms. The Hall–Kier alpha value is -2.14. The Bertz CT molecular complexity index is 760. The Labute approximate surface area is 149 Å². The highest BCUT2D eigenvalue weighted by molar-refractivity contribution is 9.10. The molecule has 24 heavy (non-hydrogen) atoms. The minimum atomic E-state index is -0.357. The summed E-state index contributed by atoms with van der Waals surface area (Å²) in [5, 5.41) is 0. The molecule has 1 fully saturated rings. The summed E-state index contributed by atoms with van der Waals surface area (Å²) in [6.07, 6.45) is 1.53. The van der Waals surface area contributed by atoms with Gasteiger partial charge in [-0.05, 0) is 41.8 Å². The fourth-order valence-corrected chi connectivity index (χ4v) is 3.19. The van der Waals surface area contributed by atoms with E-state index < -0.39 is 0 Å². The van der Waals surface area contributed by atoms with Gasteiger partial charge in [0.2, 0.25) is 5.91 Å². The highest BCUT2D eigenvalue weighted by Gasteiger charge is 2.20. The van der Waals surface area contributed by atoms with Gasteiger partial charge in [-0.1, -0.05) is 40.2 Å². The zero-order chi connectivity index (χ0) is 16.9. The number of carbonyl (C=O) groups is 2. The van der Waals surface area contributed by atoms with Crippen molar-refractivity contribution in [1.82, 2.24) is 4.90 Å². The third-order valence-corrected chi connectivity index (χ3v) is 4.46. The lowest BCUT2D eigenvalue weighted by Gasteiger charge is -2.15. The van der Waals surface area contributed by atoms with Crippen LogP contribution in [0, 0.1) is 0 Å². The van der Waals surface area contributed by atoms with Crippen molar-refractivity contribution < 1.29 is 14.3 Å². The Kier molecular flexibility index (Phi) is 5.30. The lowest BCUT2D eigenvalue weighted by atomic mass is 10.1. The van der Waals surface area contributed by atoms with Gasteiger partial charge in [-0.15, -0.1) is 0 Å². The van der Waals surface area contributed by atoms with Crippen LogP contribution in [0.5, 0.6) is 0 Å². The van der Waals surface area contributed by atoms with E-state index in [0.29, 0.717) is 18.5 Å². The summed E-state index contributed by atoms with van der Waals surface area (Å²) < 4.78 is 6.33. The van der Waals surface area contributed by atoms with Crippen LogP contribution < -0.4 is 0 Å². The van der Waals surface area contributed by atoms with E-state index in [0.717, 1.165) is 28.6 Å². The number of carbonyl (C=O) groups excluding carboxylic acids is 2. The standard InChI is InChI=1S/C19H18BrNO3/c20-17-7-2-5-15(11-17)13-24-19(23)16-6-1-4-14(10-16)12-21-9-3-8-18(21)22/h1-2,4-7,10-11H,3,8-9,12-13H2. The molecule has 0 atom stereocenters. The van der Waals surface area contributed by atoms with E-state index in [-0.39, 0.29) is 18.5 Å². The smallest absolute Gasteiger partial charge is 0.338 e. The van der Waals surface area contributed by atoms with E-state index in [2.05, 4.69) is 15.9 Å². The van der Waals surface area contributed by atoms with Crippen molar-refractivity contribution in [2.75, 3.05) is 6.54 Å². The molecule has 1 saturated heterocycles. The first-order chi connectivity index (χ1) is 11.6. The molecule has 0 unspecified atom stereocenters. The zero-order valence-corrected chi connectivity index (χ0v) is 14.8. The van der Waals surface area contributed by atoms with Crippen molar-refractivity contribution in [2.45, 2.75) is 26.0 Å². The predicted octanol–water partition coefficient (Wildman–Crippen LogP) is 3.93.